The van der Waals surface area contributed by atoms with Crippen molar-refractivity contribution in [2.75, 3.05) is 18.0 Å². The molecule has 2 aromatic heterocycles. The number of piperidine rings is 1. The topological polar surface area (TPSA) is 87.0 Å². The highest BCUT2D eigenvalue weighted by Crippen LogP contribution is 2.28. The molecule has 1 aromatic carbocycles. The molecule has 0 aliphatic carbocycles. The van der Waals surface area contributed by atoms with Gasteiger partial charge >= 0.3 is 0 Å². The van der Waals surface area contributed by atoms with E-state index in [-0.39, 0.29) is 11.8 Å². The smallest absolute Gasteiger partial charge is 0.298 e. The minimum absolute atomic E-state index is 0.00702. The first kappa shape index (κ1) is 17.9. The maximum absolute atomic E-state index is 12.5. The van der Waals surface area contributed by atoms with E-state index in [4.69, 9.17) is 16.0 Å². The summed E-state index contributed by atoms with van der Waals surface area (Å²) in [6, 6.07) is 6.02. The third-order valence-corrected chi connectivity index (χ3v) is 5.43. The monoisotopic (exact) mass is 387 g/mol. The van der Waals surface area contributed by atoms with Crippen LogP contribution in [0.25, 0.3) is 11.1 Å². The van der Waals surface area contributed by atoms with E-state index in [1.54, 1.807) is 12.1 Å². The van der Waals surface area contributed by atoms with Crippen molar-refractivity contribution in [3.8, 4) is 0 Å². The molecule has 0 saturated carbocycles. The van der Waals surface area contributed by atoms with Crippen LogP contribution in [0.15, 0.2) is 22.6 Å². The van der Waals surface area contributed by atoms with Crippen LogP contribution in [0.4, 0.5) is 6.01 Å². The number of nitrogens with one attached hydrogen (secondary N) is 2. The Kier molecular flexibility index (Phi) is 4.78. The van der Waals surface area contributed by atoms with Crippen molar-refractivity contribution in [3.63, 3.8) is 0 Å². The van der Waals surface area contributed by atoms with Crippen LogP contribution in [0.3, 0.4) is 0 Å². The molecule has 0 bridgehead atoms. The van der Waals surface area contributed by atoms with Crippen molar-refractivity contribution in [2.24, 2.45) is 5.92 Å². The number of carbonyl (C=O) groups excluding carboxylic acids is 1. The first-order chi connectivity index (χ1) is 13.0. The summed E-state index contributed by atoms with van der Waals surface area (Å²) in [7, 11) is 0. The van der Waals surface area contributed by atoms with Crippen molar-refractivity contribution in [2.45, 2.75) is 33.2 Å². The molecule has 1 amide bonds. The van der Waals surface area contributed by atoms with E-state index in [1.165, 1.54) is 0 Å². The molecule has 1 saturated heterocycles. The van der Waals surface area contributed by atoms with Gasteiger partial charge in [-0.25, -0.2) is 0 Å². The summed E-state index contributed by atoms with van der Waals surface area (Å²) in [6.45, 7) is 5.90. The zero-order chi connectivity index (χ0) is 19.0. The number of aromatic amines is 1. The van der Waals surface area contributed by atoms with Crippen LogP contribution in [0.5, 0.6) is 0 Å². The Balaban J connectivity index is 1.34. The molecule has 0 atom stereocenters. The van der Waals surface area contributed by atoms with Crippen LogP contribution in [-0.4, -0.2) is 34.2 Å². The fourth-order valence-corrected chi connectivity index (χ4v) is 3.67. The molecule has 2 N–H and O–H groups in total. The van der Waals surface area contributed by atoms with Crippen LogP contribution in [0.1, 0.15) is 29.8 Å². The van der Waals surface area contributed by atoms with Crippen molar-refractivity contribution in [1.82, 2.24) is 20.5 Å². The summed E-state index contributed by atoms with van der Waals surface area (Å²) in [5.41, 5.74) is 4.46. The molecule has 4 rings (SSSR count). The largest absolute Gasteiger partial charge is 0.423 e. The molecule has 142 valence electrons. The lowest BCUT2D eigenvalue weighted by atomic mass is 9.96. The third-order valence-electron chi connectivity index (χ3n) is 5.20. The number of H-pyrrole nitrogens is 1. The number of benzene rings is 1. The molecular weight excluding hydrogens is 366 g/mol. The first-order valence-electron chi connectivity index (χ1n) is 9.10. The normalized spacial score (nSPS) is 15.4. The number of hydrogen-bond acceptors (Lipinski definition) is 5. The number of fused-ring (bicyclic) bond motifs is 1. The number of aryl methyl sites for hydroxylation is 2. The average Bonchev–Trinajstić information content (AvgIpc) is 3.23. The Morgan fingerprint density at radius 3 is 2.85 bits per heavy atom. The van der Waals surface area contributed by atoms with Gasteiger partial charge in [0.15, 0.2) is 5.58 Å². The molecule has 3 aromatic rings. The zero-order valence-corrected chi connectivity index (χ0v) is 16.1. The predicted octanol–water partition coefficient (Wildman–Crippen LogP) is 3.35. The summed E-state index contributed by atoms with van der Waals surface area (Å²) in [4.78, 5) is 19.1. The minimum atomic E-state index is 0.00702. The van der Waals surface area contributed by atoms with Gasteiger partial charge in [-0.05, 0) is 38.8 Å². The van der Waals surface area contributed by atoms with Gasteiger partial charge in [0, 0.05) is 47.9 Å². The maximum Gasteiger partial charge on any atom is 0.298 e. The van der Waals surface area contributed by atoms with Crippen LogP contribution in [-0.2, 0) is 11.3 Å². The highest BCUT2D eigenvalue weighted by molar-refractivity contribution is 6.31. The number of nitrogens with zero attached hydrogens (tertiary/aromatic N) is 3. The van der Waals surface area contributed by atoms with Gasteiger partial charge in [-0.3, -0.25) is 9.89 Å². The molecule has 3 heterocycles. The fraction of sp³-hybridized carbons (Fsp3) is 0.421. The van der Waals surface area contributed by atoms with Gasteiger partial charge in [-0.1, -0.05) is 11.6 Å². The van der Waals surface area contributed by atoms with Crippen molar-refractivity contribution >= 4 is 34.6 Å². The van der Waals surface area contributed by atoms with Crippen molar-refractivity contribution < 1.29 is 9.21 Å². The minimum Gasteiger partial charge on any atom is -0.423 e. The fourth-order valence-electron chi connectivity index (χ4n) is 3.51. The summed E-state index contributed by atoms with van der Waals surface area (Å²) in [5, 5.41) is 10.8. The number of hydrogen-bond donors (Lipinski definition) is 2. The van der Waals surface area contributed by atoms with E-state index in [9.17, 15) is 4.79 Å². The van der Waals surface area contributed by atoms with Gasteiger partial charge in [0.05, 0.1) is 5.69 Å². The van der Waals surface area contributed by atoms with E-state index >= 15 is 0 Å². The lowest BCUT2D eigenvalue weighted by Crippen LogP contribution is -2.40. The molecule has 7 nitrogen and oxygen atoms in total. The van der Waals surface area contributed by atoms with E-state index in [1.807, 2.05) is 19.9 Å². The molecule has 0 radical (unpaired) electrons. The number of carbonyl (C=O) groups is 1. The Hall–Kier alpha value is -2.54. The highest BCUT2D eigenvalue weighted by atomic mass is 35.5. The molecular formula is C19H22ClN5O2. The summed E-state index contributed by atoms with van der Waals surface area (Å²) in [6.07, 6.45) is 1.54. The standard InChI is InChI=1S/C19H22ClN5O2/c1-11-15(12(2)24-23-11)10-21-18(26)13-5-7-25(8-6-13)19-22-16-4-3-14(20)9-17(16)27-19/h3-4,9,13H,5-8,10H2,1-2H3,(H,21,26)(H,23,24). The van der Waals surface area contributed by atoms with Gasteiger partial charge in [-0.2, -0.15) is 10.1 Å². The number of aromatic nitrogens is 3. The highest BCUT2D eigenvalue weighted by Gasteiger charge is 2.27. The van der Waals surface area contributed by atoms with Crippen molar-refractivity contribution in [3.05, 3.63) is 40.2 Å². The lowest BCUT2D eigenvalue weighted by molar-refractivity contribution is -0.125. The summed E-state index contributed by atoms with van der Waals surface area (Å²) in [5.74, 6) is 0.103. The van der Waals surface area contributed by atoms with Gasteiger partial charge in [0.1, 0.15) is 5.52 Å². The predicted molar refractivity (Wildman–Crippen MR) is 104 cm³/mol. The zero-order valence-electron chi connectivity index (χ0n) is 15.4. The first-order valence-corrected chi connectivity index (χ1v) is 9.48. The van der Waals surface area contributed by atoms with Gasteiger partial charge in [0.25, 0.3) is 6.01 Å². The molecule has 1 aliphatic heterocycles. The Bertz CT molecular complexity index is 952. The van der Waals surface area contributed by atoms with Gasteiger partial charge < -0.3 is 14.6 Å². The number of anilines is 1. The van der Waals surface area contributed by atoms with Crippen LogP contribution >= 0.6 is 11.6 Å². The molecule has 8 heteroatoms. The quantitative estimate of drug-likeness (QED) is 0.716. The second kappa shape index (κ2) is 7.23. The molecule has 1 fully saturated rings. The SMILES string of the molecule is Cc1n[nH]c(C)c1CNC(=O)C1CCN(c2nc3ccc(Cl)cc3o2)CC1. The van der Waals surface area contributed by atoms with E-state index in [0.717, 1.165) is 48.4 Å². The maximum atomic E-state index is 12.5. The third kappa shape index (κ3) is 3.64. The molecule has 1 aliphatic rings. The number of halogens is 1. The van der Waals surface area contributed by atoms with Gasteiger partial charge in [-0.15, -0.1) is 0 Å². The Morgan fingerprint density at radius 2 is 2.15 bits per heavy atom. The van der Waals surface area contributed by atoms with Crippen LogP contribution in [0.2, 0.25) is 5.02 Å². The average molecular weight is 388 g/mol. The second-order valence-electron chi connectivity index (χ2n) is 7.00. The molecule has 27 heavy (non-hydrogen) atoms. The Morgan fingerprint density at radius 1 is 1.37 bits per heavy atom. The van der Waals surface area contributed by atoms with Gasteiger partial charge in [0.2, 0.25) is 5.91 Å². The lowest BCUT2D eigenvalue weighted by Gasteiger charge is -2.30. The van der Waals surface area contributed by atoms with E-state index in [0.29, 0.717) is 23.2 Å². The number of oxazole rings is 1. The summed E-state index contributed by atoms with van der Waals surface area (Å²) >= 11 is 6.00. The van der Waals surface area contributed by atoms with Crippen molar-refractivity contribution in [1.29, 1.82) is 0 Å². The van der Waals surface area contributed by atoms with E-state index in [2.05, 4.69) is 25.4 Å². The molecule has 0 spiro atoms. The molecule has 0 unspecified atom stereocenters. The van der Waals surface area contributed by atoms with Crippen LogP contribution < -0.4 is 10.2 Å². The number of amides is 1. The van der Waals surface area contributed by atoms with E-state index < -0.39 is 0 Å². The summed E-state index contributed by atoms with van der Waals surface area (Å²) < 4.78 is 5.83. The Labute approximate surface area is 162 Å². The second-order valence-corrected chi connectivity index (χ2v) is 7.44. The number of rotatable bonds is 4. The van der Waals surface area contributed by atoms with Crippen LogP contribution in [0, 0.1) is 19.8 Å².